The molecule has 2 aromatic rings. The van der Waals surface area contributed by atoms with E-state index in [1.807, 2.05) is 37.3 Å². The number of rotatable bonds is 3. The zero-order valence-electron chi connectivity index (χ0n) is 9.93. The third-order valence-electron chi connectivity index (χ3n) is 2.95. The summed E-state index contributed by atoms with van der Waals surface area (Å²) in [6.07, 6.45) is 0.811. The SMILES string of the molecule is Cc1cc(C(N)Cc2ccccc2)ccc1O. The second kappa shape index (κ2) is 5.02. The van der Waals surface area contributed by atoms with E-state index < -0.39 is 0 Å². The number of aryl methyl sites for hydroxylation is 1. The van der Waals surface area contributed by atoms with Gasteiger partial charge in [0.25, 0.3) is 0 Å². The van der Waals surface area contributed by atoms with Gasteiger partial charge in [-0.2, -0.15) is 0 Å². The van der Waals surface area contributed by atoms with Crippen molar-refractivity contribution in [2.45, 2.75) is 19.4 Å². The highest BCUT2D eigenvalue weighted by Gasteiger charge is 2.08. The number of phenols is 1. The normalized spacial score (nSPS) is 12.4. The van der Waals surface area contributed by atoms with E-state index in [9.17, 15) is 5.11 Å². The summed E-state index contributed by atoms with van der Waals surface area (Å²) in [4.78, 5) is 0. The van der Waals surface area contributed by atoms with Crippen LogP contribution in [0, 0.1) is 6.92 Å². The number of hydrogen-bond donors (Lipinski definition) is 2. The van der Waals surface area contributed by atoms with Crippen molar-refractivity contribution in [1.29, 1.82) is 0 Å². The summed E-state index contributed by atoms with van der Waals surface area (Å²) in [6, 6.07) is 15.7. The first-order valence-corrected chi connectivity index (χ1v) is 5.76. The van der Waals surface area contributed by atoms with Crippen molar-refractivity contribution in [3.8, 4) is 5.75 Å². The van der Waals surface area contributed by atoms with Crippen molar-refractivity contribution in [3.63, 3.8) is 0 Å². The van der Waals surface area contributed by atoms with Gasteiger partial charge in [-0.3, -0.25) is 0 Å². The predicted octanol–water partition coefficient (Wildman–Crippen LogP) is 2.94. The van der Waals surface area contributed by atoms with Gasteiger partial charge in [0.15, 0.2) is 0 Å². The van der Waals surface area contributed by atoms with Crippen LogP contribution >= 0.6 is 0 Å². The van der Waals surface area contributed by atoms with Gasteiger partial charge in [-0.05, 0) is 36.1 Å². The Balaban J connectivity index is 2.14. The third-order valence-corrected chi connectivity index (χ3v) is 2.95. The molecule has 0 aliphatic carbocycles. The van der Waals surface area contributed by atoms with Crippen LogP contribution in [0.3, 0.4) is 0 Å². The summed E-state index contributed by atoms with van der Waals surface area (Å²) in [5.41, 5.74) is 9.32. The molecule has 0 heterocycles. The van der Waals surface area contributed by atoms with Crippen molar-refractivity contribution in [2.75, 3.05) is 0 Å². The van der Waals surface area contributed by atoms with Gasteiger partial charge in [-0.15, -0.1) is 0 Å². The fourth-order valence-corrected chi connectivity index (χ4v) is 1.90. The molecule has 2 heteroatoms. The van der Waals surface area contributed by atoms with Crippen LogP contribution in [0.5, 0.6) is 5.75 Å². The Morgan fingerprint density at radius 3 is 2.47 bits per heavy atom. The Labute approximate surface area is 102 Å². The van der Waals surface area contributed by atoms with Crippen LogP contribution in [0.2, 0.25) is 0 Å². The number of aromatic hydroxyl groups is 1. The summed E-state index contributed by atoms with van der Waals surface area (Å²) in [5, 5.41) is 9.47. The number of hydrogen-bond acceptors (Lipinski definition) is 2. The molecule has 1 atom stereocenters. The van der Waals surface area contributed by atoms with E-state index in [2.05, 4.69) is 12.1 Å². The summed E-state index contributed by atoms with van der Waals surface area (Å²) in [7, 11) is 0. The molecule has 0 aliphatic heterocycles. The summed E-state index contributed by atoms with van der Waals surface area (Å²) in [6.45, 7) is 1.88. The highest BCUT2D eigenvalue weighted by Crippen LogP contribution is 2.22. The lowest BCUT2D eigenvalue weighted by Crippen LogP contribution is -2.13. The Morgan fingerprint density at radius 1 is 1.12 bits per heavy atom. The van der Waals surface area contributed by atoms with E-state index in [0.717, 1.165) is 17.5 Å². The zero-order chi connectivity index (χ0) is 12.3. The summed E-state index contributed by atoms with van der Waals surface area (Å²) >= 11 is 0. The molecule has 0 aromatic heterocycles. The second-order valence-electron chi connectivity index (χ2n) is 4.34. The van der Waals surface area contributed by atoms with E-state index in [-0.39, 0.29) is 6.04 Å². The van der Waals surface area contributed by atoms with Crippen LogP contribution in [0.25, 0.3) is 0 Å². The number of nitrogens with two attached hydrogens (primary N) is 1. The van der Waals surface area contributed by atoms with Gasteiger partial charge < -0.3 is 10.8 Å². The largest absolute Gasteiger partial charge is 0.508 e. The van der Waals surface area contributed by atoms with Gasteiger partial charge in [-0.25, -0.2) is 0 Å². The monoisotopic (exact) mass is 227 g/mol. The van der Waals surface area contributed by atoms with Gasteiger partial charge in [0, 0.05) is 6.04 Å². The molecular formula is C15H17NO. The minimum Gasteiger partial charge on any atom is -0.508 e. The average Bonchev–Trinajstić information content (AvgIpc) is 2.34. The molecule has 88 valence electrons. The van der Waals surface area contributed by atoms with Crippen molar-refractivity contribution in [3.05, 3.63) is 65.2 Å². The van der Waals surface area contributed by atoms with Gasteiger partial charge in [0.05, 0.1) is 0 Å². The zero-order valence-corrected chi connectivity index (χ0v) is 9.93. The van der Waals surface area contributed by atoms with Crippen molar-refractivity contribution >= 4 is 0 Å². The summed E-state index contributed by atoms with van der Waals surface area (Å²) in [5.74, 6) is 0.320. The molecule has 0 amide bonds. The van der Waals surface area contributed by atoms with Gasteiger partial charge in [-0.1, -0.05) is 42.5 Å². The number of benzene rings is 2. The van der Waals surface area contributed by atoms with Gasteiger partial charge >= 0.3 is 0 Å². The smallest absolute Gasteiger partial charge is 0.118 e. The first-order chi connectivity index (χ1) is 8.16. The molecule has 2 nitrogen and oxygen atoms in total. The topological polar surface area (TPSA) is 46.2 Å². The van der Waals surface area contributed by atoms with E-state index in [1.165, 1.54) is 5.56 Å². The average molecular weight is 227 g/mol. The minimum absolute atomic E-state index is 0.0308. The Morgan fingerprint density at radius 2 is 1.82 bits per heavy atom. The van der Waals surface area contributed by atoms with Crippen molar-refractivity contribution < 1.29 is 5.11 Å². The molecule has 0 saturated carbocycles. The molecule has 3 N–H and O–H groups in total. The lowest BCUT2D eigenvalue weighted by Gasteiger charge is -2.13. The molecular weight excluding hydrogens is 210 g/mol. The first kappa shape index (κ1) is 11.7. The van der Waals surface area contributed by atoms with Gasteiger partial charge in [0.2, 0.25) is 0 Å². The van der Waals surface area contributed by atoms with E-state index in [4.69, 9.17) is 5.73 Å². The quantitative estimate of drug-likeness (QED) is 0.846. The van der Waals surface area contributed by atoms with E-state index in [0.29, 0.717) is 5.75 Å². The van der Waals surface area contributed by atoms with Crippen LogP contribution < -0.4 is 5.73 Å². The maximum Gasteiger partial charge on any atom is 0.118 e. The third kappa shape index (κ3) is 2.86. The minimum atomic E-state index is -0.0308. The lowest BCUT2D eigenvalue weighted by molar-refractivity contribution is 0.470. The molecule has 0 spiro atoms. The van der Waals surface area contributed by atoms with Crippen LogP contribution in [0.4, 0.5) is 0 Å². The van der Waals surface area contributed by atoms with Crippen LogP contribution in [0.1, 0.15) is 22.7 Å². The molecule has 0 bridgehead atoms. The molecule has 17 heavy (non-hydrogen) atoms. The van der Waals surface area contributed by atoms with E-state index >= 15 is 0 Å². The van der Waals surface area contributed by atoms with Crippen molar-refractivity contribution in [2.24, 2.45) is 5.73 Å². The molecule has 0 saturated heterocycles. The number of phenolic OH excluding ortho intramolecular Hbond substituents is 1. The molecule has 2 aromatic carbocycles. The Hall–Kier alpha value is -1.80. The first-order valence-electron chi connectivity index (χ1n) is 5.76. The van der Waals surface area contributed by atoms with Gasteiger partial charge in [0.1, 0.15) is 5.75 Å². The highest BCUT2D eigenvalue weighted by atomic mass is 16.3. The predicted molar refractivity (Wildman–Crippen MR) is 69.9 cm³/mol. The standard InChI is InChI=1S/C15H17NO/c1-11-9-13(7-8-15(11)17)14(16)10-12-5-3-2-4-6-12/h2-9,14,17H,10,16H2,1H3. The Bertz CT molecular complexity index is 494. The maximum absolute atomic E-state index is 9.47. The summed E-state index contributed by atoms with van der Waals surface area (Å²) < 4.78 is 0. The molecule has 2 rings (SSSR count). The second-order valence-corrected chi connectivity index (χ2v) is 4.34. The highest BCUT2D eigenvalue weighted by molar-refractivity contribution is 5.36. The molecule has 0 fully saturated rings. The molecule has 0 aliphatic rings. The molecule has 0 radical (unpaired) electrons. The maximum atomic E-state index is 9.47. The van der Waals surface area contributed by atoms with E-state index in [1.54, 1.807) is 6.07 Å². The molecule has 1 unspecified atom stereocenters. The van der Waals surface area contributed by atoms with Crippen LogP contribution in [0.15, 0.2) is 48.5 Å². The Kier molecular flexibility index (Phi) is 3.45. The fraction of sp³-hybridized carbons (Fsp3) is 0.200. The van der Waals surface area contributed by atoms with Crippen LogP contribution in [-0.2, 0) is 6.42 Å². The fourth-order valence-electron chi connectivity index (χ4n) is 1.90. The lowest BCUT2D eigenvalue weighted by atomic mass is 9.98. The van der Waals surface area contributed by atoms with Crippen molar-refractivity contribution in [1.82, 2.24) is 0 Å². The van der Waals surface area contributed by atoms with Crippen LogP contribution in [-0.4, -0.2) is 5.11 Å².